The Morgan fingerprint density at radius 3 is 0.830 bits per heavy atom. The van der Waals surface area contributed by atoms with Crippen molar-refractivity contribution in [1.29, 1.82) is 0 Å². The van der Waals surface area contributed by atoms with E-state index in [2.05, 4.69) is 55.4 Å². The van der Waals surface area contributed by atoms with Gasteiger partial charge >= 0.3 is 17.2 Å². The van der Waals surface area contributed by atoms with Crippen molar-refractivity contribution >= 4 is 50.3 Å². The summed E-state index contributed by atoms with van der Waals surface area (Å²) in [6.07, 6.45) is -3.31. The van der Waals surface area contributed by atoms with Crippen LogP contribution >= 0.6 is 17.2 Å². The van der Waals surface area contributed by atoms with Gasteiger partial charge in [-0.3, -0.25) is 9.59 Å². The first kappa shape index (κ1) is 68.5. The highest BCUT2D eigenvalue weighted by atomic mass is 31.2. The Hall–Kier alpha value is -8.60. The van der Waals surface area contributed by atoms with Gasteiger partial charge in [-0.05, 0) is 57.9 Å². The van der Waals surface area contributed by atoms with Crippen LogP contribution in [0.5, 0.6) is 34.5 Å². The van der Waals surface area contributed by atoms with Crippen molar-refractivity contribution in [1.82, 2.24) is 0 Å². The van der Waals surface area contributed by atoms with Crippen LogP contribution in [0.15, 0.2) is 218 Å². The summed E-state index contributed by atoms with van der Waals surface area (Å²) in [7, 11) is -5.55. The van der Waals surface area contributed by atoms with Crippen molar-refractivity contribution in [3.8, 4) is 45.6 Å². The van der Waals surface area contributed by atoms with Gasteiger partial charge in [0.2, 0.25) is 0 Å². The Labute approximate surface area is 585 Å². The molecule has 514 valence electrons. The molecule has 0 atom stereocenters. The van der Waals surface area contributed by atoms with Crippen molar-refractivity contribution in [2.24, 2.45) is 21.7 Å². The number of rotatable bonds is 21. The van der Waals surface area contributed by atoms with E-state index in [4.69, 9.17) is 65.0 Å². The topological polar surface area (TPSA) is 163 Å². The summed E-state index contributed by atoms with van der Waals surface area (Å²) in [4.78, 5) is 32.2. The molecule has 0 radical (unpaired) electrons. The van der Waals surface area contributed by atoms with Crippen LogP contribution in [-0.4, -0.2) is 64.4 Å². The highest BCUT2D eigenvalue weighted by Gasteiger charge is 2.40. The number of para-hydroxylation sites is 4. The summed E-state index contributed by atoms with van der Waals surface area (Å²) in [6, 6.07) is 66.7. The molecule has 4 aliphatic rings. The van der Waals surface area contributed by atoms with Gasteiger partial charge in [0.15, 0.2) is 48.2 Å². The smallest absolute Gasteiger partial charge is 0.408 e. The lowest BCUT2D eigenvalue weighted by Gasteiger charge is -2.35. The van der Waals surface area contributed by atoms with Crippen molar-refractivity contribution < 1.29 is 74.6 Å². The number of carbonyl (C=O) groups is 2. The summed E-state index contributed by atoms with van der Waals surface area (Å²) >= 11 is 0. The Kier molecular flexibility index (Phi) is 20.0. The fraction of sp³-hybridized carbons (Fsp3) is 0.293. The van der Waals surface area contributed by atoms with E-state index in [9.17, 15) is 0 Å². The Morgan fingerprint density at radius 2 is 0.550 bits per heavy atom. The molecule has 0 spiro atoms. The third-order valence-electron chi connectivity index (χ3n) is 17.5. The van der Waals surface area contributed by atoms with Gasteiger partial charge < -0.3 is 65.0 Å². The second-order valence-corrected chi connectivity index (χ2v) is 30.7. The molecule has 16 nitrogen and oxygen atoms in total. The van der Waals surface area contributed by atoms with Crippen LogP contribution in [-0.2, 0) is 37.9 Å². The van der Waals surface area contributed by atoms with Crippen LogP contribution in [0.3, 0.4) is 0 Å². The van der Waals surface area contributed by atoms with Gasteiger partial charge in [0.1, 0.15) is 23.0 Å². The first-order chi connectivity index (χ1) is 48.3. The minimum atomic E-state index is -2.77. The van der Waals surface area contributed by atoms with Crippen molar-refractivity contribution in [2.45, 2.75) is 80.6 Å². The SMILES string of the molecule is CC1(C)COC(c2ccccc2OP(Oc2ccccc2C2OCC(C)(C)CO2)Oc2c(C(=O)c3ccccc3)cc3ccccc3c2-c2c(OP(Oc3ccccc3C3OCC(C)(C)CO3)Oc3ccccc3C3OCC(C)(C)CO3)c(C(=O)c3ccccc3)cc3ccccc23)OC1. The third kappa shape index (κ3) is 15.3. The van der Waals surface area contributed by atoms with Crippen LogP contribution in [0.25, 0.3) is 32.7 Å². The van der Waals surface area contributed by atoms with E-state index in [1.54, 1.807) is 48.5 Å². The molecule has 0 saturated carbocycles. The lowest BCUT2D eigenvalue weighted by molar-refractivity contribution is -0.226. The van der Waals surface area contributed by atoms with Gasteiger partial charge in [-0.2, -0.15) is 0 Å². The quantitative estimate of drug-likeness (QED) is 0.0493. The van der Waals surface area contributed by atoms with Crippen LogP contribution in [0, 0.1) is 21.7 Å². The molecule has 0 unspecified atom stereocenters. The molecule has 0 amide bonds. The molecular weight excluding hydrogens is 1300 g/mol. The maximum absolute atomic E-state index is 16.1. The lowest BCUT2D eigenvalue weighted by Crippen LogP contribution is -2.34. The molecule has 4 aliphatic heterocycles. The van der Waals surface area contributed by atoms with Gasteiger partial charge in [0, 0.05) is 43.9 Å². The van der Waals surface area contributed by atoms with Crippen molar-refractivity contribution in [2.75, 3.05) is 52.9 Å². The number of fused-ring (bicyclic) bond motifs is 2. The molecule has 4 fully saturated rings. The molecule has 0 aromatic heterocycles. The van der Waals surface area contributed by atoms with Crippen LogP contribution in [0.2, 0.25) is 0 Å². The highest BCUT2D eigenvalue weighted by molar-refractivity contribution is 7.43. The fourth-order valence-corrected chi connectivity index (χ4v) is 14.5. The molecule has 10 aromatic rings. The van der Waals surface area contributed by atoms with Crippen molar-refractivity contribution in [3.63, 3.8) is 0 Å². The summed E-state index contributed by atoms with van der Waals surface area (Å²) in [5.74, 6) is 0.564. The van der Waals surface area contributed by atoms with Crippen molar-refractivity contribution in [3.05, 3.63) is 263 Å². The minimum Gasteiger partial charge on any atom is -0.408 e. The number of ketones is 2. The summed E-state index contributed by atoms with van der Waals surface area (Å²) < 4.78 is 96.1. The average Bonchev–Trinajstić information content (AvgIpc) is 0.727. The monoisotopic (exact) mass is 1380 g/mol. The zero-order chi connectivity index (χ0) is 69.2. The maximum atomic E-state index is 16.1. The molecule has 0 N–H and O–H groups in total. The van der Waals surface area contributed by atoms with Gasteiger partial charge in [0.25, 0.3) is 0 Å². The van der Waals surface area contributed by atoms with E-state index in [0.29, 0.717) is 142 Å². The molecular formula is C82H80O16P2. The molecule has 4 heterocycles. The van der Waals surface area contributed by atoms with Crippen LogP contribution in [0.4, 0.5) is 0 Å². The zero-order valence-corrected chi connectivity index (χ0v) is 59.0. The van der Waals surface area contributed by atoms with Gasteiger partial charge in [-0.25, -0.2) is 0 Å². The molecule has 18 heteroatoms. The van der Waals surface area contributed by atoms with E-state index in [-0.39, 0.29) is 44.3 Å². The number of hydrogen-bond acceptors (Lipinski definition) is 16. The normalized spacial score (nSPS) is 18.0. The predicted molar refractivity (Wildman–Crippen MR) is 384 cm³/mol. The standard InChI is InChI=1S/C82H80O16P2/c1-79(2)45-85-75(86-46-79)59-35-19-23-39-65(59)93-99(94-66-40-24-20-36-60(66)76-87-47-80(3,4)48-88-76)97-73-63(71(83)53-27-11-9-12-28-53)43-55-31-15-17-33-57(55)69(73)70-58-34-18-16-32-56(58)44-64(72(84)54-29-13-10-14-30-54)74(70)98-100(95-67-41-25-21-37-61(67)77-89-49-81(5,6)50-90-77)96-68-42-26-22-38-62(68)78-91-51-82(7,8)52-92-78/h9-44,75-78H,45-52H2,1-8H3. The van der Waals surface area contributed by atoms with Gasteiger partial charge in [0.05, 0.1) is 86.2 Å². The minimum absolute atomic E-state index is 0.0256. The Bertz CT molecular complexity index is 4120. The molecule has 14 rings (SSSR count). The molecule has 0 bridgehead atoms. The number of hydrogen-bond donors (Lipinski definition) is 0. The first-order valence-electron chi connectivity index (χ1n) is 33.6. The molecule has 100 heavy (non-hydrogen) atoms. The van der Waals surface area contributed by atoms with Crippen LogP contribution in [0.1, 0.15) is 135 Å². The zero-order valence-electron chi connectivity index (χ0n) is 57.2. The number of carbonyl (C=O) groups excluding carboxylic acids is 2. The lowest BCUT2D eigenvalue weighted by atomic mass is 9.86. The van der Waals surface area contributed by atoms with E-state index < -0.39 is 53.9 Å². The van der Waals surface area contributed by atoms with Gasteiger partial charge in [-0.1, -0.05) is 237 Å². The summed E-state index contributed by atoms with van der Waals surface area (Å²) in [6.45, 7) is 20.0. The second kappa shape index (κ2) is 29.2. The van der Waals surface area contributed by atoms with E-state index in [0.717, 1.165) is 0 Å². The van der Waals surface area contributed by atoms with E-state index >= 15 is 9.59 Å². The molecule has 4 saturated heterocycles. The Morgan fingerprint density at radius 1 is 0.310 bits per heavy atom. The third-order valence-corrected chi connectivity index (χ3v) is 19.6. The second-order valence-electron chi connectivity index (χ2n) is 28.7. The van der Waals surface area contributed by atoms with E-state index in [1.807, 2.05) is 170 Å². The first-order valence-corrected chi connectivity index (χ1v) is 35.8. The largest absolute Gasteiger partial charge is 0.530 e. The predicted octanol–water partition coefficient (Wildman–Crippen LogP) is 19.9. The maximum Gasteiger partial charge on any atom is 0.530 e. The van der Waals surface area contributed by atoms with E-state index in [1.165, 1.54) is 0 Å². The fourth-order valence-electron chi connectivity index (χ4n) is 12.3. The number of ether oxygens (including phenoxy) is 8. The Balaban J connectivity index is 1.02. The molecule has 10 aromatic carbocycles. The average molecular weight is 1380 g/mol. The summed E-state index contributed by atoms with van der Waals surface area (Å²) in [5, 5.41) is 2.49. The molecule has 0 aliphatic carbocycles. The highest BCUT2D eigenvalue weighted by Crippen LogP contribution is 2.58. The van der Waals surface area contributed by atoms with Crippen LogP contribution < -0.4 is 27.1 Å². The van der Waals surface area contributed by atoms with Gasteiger partial charge in [-0.15, -0.1) is 0 Å². The number of benzene rings is 10. The summed E-state index contributed by atoms with van der Waals surface area (Å²) in [5.41, 5.74) is 2.95.